The topological polar surface area (TPSA) is 51.2 Å². The normalized spacial score (nSPS) is 10.6. The van der Waals surface area contributed by atoms with E-state index in [0.717, 1.165) is 31.0 Å². The van der Waals surface area contributed by atoms with Gasteiger partial charge < -0.3 is 15.5 Å². The maximum absolute atomic E-state index is 5.79. The fourth-order valence-electron chi connectivity index (χ4n) is 1.68. The second-order valence-corrected chi connectivity index (χ2v) is 5.14. The molecule has 2 rings (SSSR count). The summed E-state index contributed by atoms with van der Waals surface area (Å²) in [6.45, 7) is 1.74. The largest absolute Gasteiger partial charge is 0.469 e. The molecule has 0 bridgehead atoms. The first kappa shape index (κ1) is 12.4. The molecule has 3 N–H and O–H groups in total. The highest BCUT2D eigenvalue weighted by Gasteiger charge is 1.98. The second-order valence-electron chi connectivity index (χ2n) is 3.90. The first-order valence-corrected chi connectivity index (χ1v) is 6.60. The van der Waals surface area contributed by atoms with Crippen LogP contribution < -0.4 is 11.1 Å². The van der Waals surface area contributed by atoms with Gasteiger partial charge in [0.1, 0.15) is 5.76 Å². The van der Waals surface area contributed by atoms with Gasteiger partial charge >= 0.3 is 0 Å². The Morgan fingerprint density at radius 1 is 1.29 bits per heavy atom. The van der Waals surface area contributed by atoms with E-state index in [-0.39, 0.29) is 0 Å². The minimum Gasteiger partial charge on any atom is -0.469 e. The monoisotopic (exact) mass is 342 g/mol. The molecule has 0 unspecified atom stereocenters. The molecular formula is C13H15IN2O. The molecule has 0 aliphatic heterocycles. The predicted octanol–water partition coefficient (Wildman–Crippen LogP) is 2.80. The molecule has 4 heteroatoms. The quantitative estimate of drug-likeness (QED) is 0.499. The minimum absolute atomic E-state index is 0.819. The van der Waals surface area contributed by atoms with Crippen molar-refractivity contribution in [3.8, 4) is 0 Å². The van der Waals surface area contributed by atoms with Crippen LogP contribution in [0, 0.1) is 3.57 Å². The van der Waals surface area contributed by atoms with Gasteiger partial charge in [-0.05, 0) is 58.5 Å². The zero-order valence-electron chi connectivity index (χ0n) is 9.45. The fraction of sp³-hybridized carbons (Fsp3) is 0.231. The molecule has 2 aromatic rings. The Morgan fingerprint density at radius 3 is 2.88 bits per heavy atom. The number of nitrogens with one attached hydrogen (secondary N) is 1. The van der Waals surface area contributed by atoms with E-state index in [1.54, 1.807) is 6.26 Å². The summed E-state index contributed by atoms with van der Waals surface area (Å²) < 4.78 is 6.43. The van der Waals surface area contributed by atoms with E-state index in [0.29, 0.717) is 0 Å². The zero-order valence-corrected chi connectivity index (χ0v) is 11.6. The number of halogens is 1. The molecule has 1 heterocycles. The first-order valence-electron chi connectivity index (χ1n) is 5.52. The highest BCUT2D eigenvalue weighted by Crippen LogP contribution is 2.13. The van der Waals surface area contributed by atoms with Gasteiger partial charge in [-0.2, -0.15) is 0 Å². The van der Waals surface area contributed by atoms with Crippen molar-refractivity contribution in [3.63, 3.8) is 0 Å². The molecule has 0 saturated heterocycles. The van der Waals surface area contributed by atoms with E-state index >= 15 is 0 Å². The molecule has 0 aliphatic carbocycles. The van der Waals surface area contributed by atoms with Gasteiger partial charge in [-0.15, -0.1) is 0 Å². The average molecular weight is 342 g/mol. The lowest BCUT2D eigenvalue weighted by Crippen LogP contribution is -2.16. The second kappa shape index (κ2) is 6.07. The average Bonchev–Trinajstić information content (AvgIpc) is 2.76. The SMILES string of the molecule is Nc1cc(I)cc(CNCCc2ccco2)c1. The summed E-state index contributed by atoms with van der Waals surface area (Å²) >= 11 is 2.28. The molecule has 1 aromatic carbocycles. The number of nitrogen functional groups attached to an aromatic ring is 1. The third-order valence-electron chi connectivity index (χ3n) is 2.44. The molecule has 0 saturated carbocycles. The van der Waals surface area contributed by atoms with Gasteiger partial charge in [0.25, 0.3) is 0 Å². The number of furan rings is 1. The summed E-state index contributed by atoms with van der Waals surface area (Å²) in [6, 6.07) is 10.0. The van der Waals surface area contributed by atoms with Crippen molar-refractivity contribution >= 4 is 28.3 Å². The Labute approximate surface area is 115 Å². The van der Waals surface area contributed by atoms with Crippen molar-refractivity contribution in [1.82, 2.24) is 5.32 Å². The van der Waals surface area contributed by atoms with Crippen molar-refractivity contribution in [2.24, 2.45) is 0 Å². The summed E-state index contributed by atoms with van der Waals surface area (Å²) in [7, 11) is 0. The lowest BCUT2D eigenvalue weighted by molar-refractivity contribution is 0.499. The molecule has 0 spiro atoms. The van der Waals surface area contributed by atoms with Crippen LogP contribution in [-0.2, 0) is 13.0 Å². The van der Waals surface area contributed by atoms with E-state index in [1.807, 2.05) is 24.3 Å². The summed E-state index contributed by atoms with van der Waals surface area (Å²) in [5.74, 6) is 1.01. The van der Waals surface area contributed by atoms with Crippen molar-refractivity contribution in [2.75, 3.05) is 12.3 Å². The van der Waals surface area contributed by atoms with E-state index < -0.39 is 0 Å². The molecule has 1 aromatic heterocycles. The van der Waals surface area contributed by atoms with Gasteiger partial charge in [-0.25, -0.2) is 0 Å². The Balaban J connectivity index is 1.78. The van der Waals surface area contributed by atoms with Gasteiger partial charge in [0.05, 0.1) is 6.26 Å². The third-order valence-corrected chi connectivity index (χ3v) is 3.06. The minimum atomic E-state index is 0.819. The van der Waals surface area contributed by atoms with Crippen molar-refractivity contribution in [2.45, 2.75) is 13.0 Å². The van der Waals surface area contributed by atoms with Crippen LogP contribution in [0.3, 0.4) is 0 Å². The van der Waals surface area contributed by atoms with E-state index in [2.05, 4.69) is 34.0 Å². The lowest BCUT2D eigenvalue weighted by atomic mass is 10.2. The van der Waals surface area contributed by atoms with E-state index in [4.69, 9.17) is 10.2 Å². The van der Waals surface area contributed by atoms with Gasteiger partial charge in [0.15, 0.2) is 0 Å². The van der Waals surface area contributed by atoms with Crippen LogP contribution in [0.2, 0.25) is 0 Å². The summed E-state index contributed by atoms with van der Waals surface area (Å²) in [5, 5.41) is 3.38. The molecule has 0 amide bonds. The Morgan fingerprint density at radius 2 is 2.18 bits per heavy atom. The third kappa shape index (κ3) is 4.05. The molecule has 90 valence electrons. The number of nitrogens with two attached hydrogens (primary N) is 1. The Hall–Kier alpha value is -1.01. The fourth-order valence-corrected chi connectivity index (χ4v) is 2.44. The van der Waals surface area contributed by atoms with Crippen LogP contribution in [0.5, 0.6) is 0 Å². The van der Waals surface area contributed by atoms with E-state index in [9.17, 15) is 0 Å². The summed E-state index contributed by atoms with van der Waals surface area (Å²) in [5.41, 5.74) is 7.83. The number of hydrogen-bond acceptors (Lipinski definition) is 3. The standard InChI is InChI=1S/C13H15IN2O/c14-11-6-10(7-12(15)8-11)9-16-4-3-13-2-1-5-17-13/h1-2,5-8,16H,3-4,9,15H2. The maximum atomic E-state index is 5.79. The molecule has 17 heavy (non-hydrogen) atoms. The lowest BCUT2D eigenvalue weighted by Gasteiger charge is -2.05. The van der Waals surface area contributed by atoms with Gasteiger partial charge in [-0.3, -0.25) is 0 Å². The highest BCUT2D eigenvalue weighted by molar-refractivity contribution is 14.1. The van der Waals surface area contributed by atoms with Crippen LogP contribution in [0.25, 0.3) is 0 Å². The maximum Gasteiger partial charge on any atom is 0.105 e. The number of hydrogen-bond donors (Lipinski definition) is 2. The first-order chi connectivity index (χ1) is 8.24. The van der Waals surface area contributed by atoms with Crippen molar-refractivity contribution in [3.05, 3.63) is 51.5 Å². The van der Waals surface area contributed by atoms with Crippen LogP contribution >= 0.6 is 22.6 Å². The summed E-state index contributed by atoms with van der Waals surface area (Å²) in [6.07, 6.45) is 2.61. The number of anilines is 1. The summed E-state index contributed by atoms with van der Waals surface area (Å²) in [4.78, 5) is 0. The molecule has 0 fully saturated rings. The smallest absolute Gasteiger partial charge is 0.105 e. The van der Waals surface area contributed by atoms with Gasteiger partial charge in [0.2, 0.25) is 0 Å². The molecule has 0 atom stereocenters. The molecule has 0 aliphatic rings. The Kier molecular flexibility index (Phi) is 4.44. The molecule has 0 radical (unpaired) electrons. The van der Waals surface area contributed by atoms with Crippen molar-refractivity contribution < 1.29 is 4.42 Å². The number of rotatable bonds is 5. The van der Waals surface area contributed by atoms with Crippen molar-refractivity contribution in [1.29, 1.82) is 0 Å². The molecule has 3 nitrogen and oxygen atoms in total. The zero-order chi connectivity index (χ0) is 12.1. The van der Waals surface area contributed by atoms with Gasteiger partial charge in [0, 0.05) is 28.8 Å². The predicted molar refractivity (Wildman–Crippen MR) is 77.7 cm³/mol. The number of benzene rings is 1. The van der Waals surface area contributed by atoms with Crippen LogP contribution in [0.1, 0.15) is 11.3 Å². The van der Waals surface area contributed by atoms with E-state index in [1.165, 1.54) is 9.13 Å². The highest BCUT2D eigenvalue weighted by atomic mass is 127. The van der Waals surface area contributed by atoms with Crippen LogP contribution in [0.15, 0.2) is 41.0 Å². The van der Waals surface area contributed by atoms with Crippen LogP contribution in [0.4, 0.5) is 5.69 Å². The molecular weight excluding hydrogens is 327 g/mol. The van der Waals surface area contributed by atoms with Crippen LogP contribution in [-0.4, -0.2) is 6.54 Å². The Bertz CT molecular complexity index is 448. The van der Waals surface area contributed by atoms with Gasteiger partial charge in [-0.1, -0.05) is 0 Å².